The molecule has 90 valence electrons. The van der Waals surface area contributed by atoms with Gasteiger partial charge in [-0.15, -0.1) is 0 Å². The van der Waals surface area contributed by atoms with E-state index in [1.807, 2.05) is 24.3 Å². The van der Waals surface area contributed by atoms with E-state index in [2.05, 4.69) is 0 Å². The van der Waals surface area contributed by atoms with E-state index < -0.39 is 9.84 Å². The Morgan fingerprint density at radius 2 is 1.88 bits per heavy atom. The fraction of sp³-hybridized carbons (Fsp3) is 0.455. The Morgan fingerprint density at radius 3 is 2.31 bits per heavy atom. The summed E-state index contributed by atoms with van der Waals surface area (Å²) >= 11 is 0. The predicted molar refractivity (Wildman–Crippen MR) is 63.9 cm³/mol. The second-order valence-corrected chi connectivity index (χ2v) is 6.17. The van der Waals surface area contributed by atoms with Gasteiger partial charge in [-0.05, 0) is 17.5 Å². The lowest BCUT2D eigenvalue weighted by molar-refractivity contribution is 0.268. The van der Waals surface area contributed by atoms with E-state index in [0.717, 1.165) is 11.1 Å². The molecule has 4 nitrogen and oxygen atoms in total. The van der Waals surface area contributed by atoms with E-state index in [4.69, 9.17) is 10.8 Å². The molecule has 1 atom stereocenters. The van der Waals surface area contributed by atoms with Crippen LogP contribution < -0.4 is 5.73 Å². The van der Waals surface area contributed by atoms with Crippen LogP contribution in [-0.4, -0.2) is 32.1 Å². The predicted octanol–water partition coefficient (Wildman–Crippen LogP) is 0.266. The zero-order chi connectivity index (χ0) is 12.2. The Morgan fingerprint density at radius 1 is 1.31 bits per heavy atom. The first-order valence-electron chi connectivity index (χ1n) is 5.05. The van der Waals surface area contributed by atoms with E-state index in [0.29, 0.717) is 6.42 Å². The van der Waals surface area contributed by atoms with Crippen LogP contribution in [0.25, 0.3) is 0 Å². The van der Waals surface area contributed by atoms with Crippen LogP contribution in [0.15, 0.2) is 24.3 Å². The molecule has 1 unspecified atom stereocenters. The molecule has 0 saturated heterocycles. The molecule has 1 aromatic rings. The first kappa shape index (κ1) is 13.2. The minimum atomic E-state index is -2.92. The molecule has 0 heterocycles. The summed E-state index contributed by atoms with van der Waals surface area (Å²) in [6, 6.07) is 6.95. The van der Waals surface area contributed by atoms with Gasteiger partial charge in [-0.25, -0.2) is 8.42 Å². The number of benzene rings is 1. The number of rotatable bonds is 5. The molecule has 0 aliphatic carbocycles. The van der Waals surface area contributed by atoms with Crippen molar-refractivity contribution in [1.82, 2.24) is 0 Å². The highest BCUT2D eigenvalue weighted by atomic mass is 32.2. The van der Waals surface area contributed by atoms with Gasteiger partial charge >= 0.3 is 0 Å². The van der Waals surface area contributed by atoms with Crippen LogP contribution in [0, 0.1) is 0 Å². The molecule has 16 heavy (non-hydrogen) atoms. The van der Waals surface area contributed by atoms with Gasteiger partial charge < -0.3 is 10.8 Å². The highest BCUT2D eigenvalue weighted by Gasteiger charge is 2.05. The smallest absolute Gasteiger partial charge is 0.147 e. The van der Waals surface area contributed by atoms with Gasteiger partial charge in [0, 0.05) is 6.26 Å². The van der Waals surface area contributed by atoms with E-state index in [9.17, 15) is 8.42 Å². The summed E-state index contributed by atoms with van der Waals surface area (Å²) in [6.45, 7) is -0.0946. The van der Waals surface area contributed by atoms with Crippen LogP contribution in [0.1, 0.15) is 17.2 Å². The second kappa shape index (κ2) is 5.43. The largest absolute Gasteiger partial charge is 0.394 e. The van der Waals surface area contributed by atoms with Crippen LogP contribution in [0.3, 0.4) is 0 Å². The molecule has 0 aliphatic rings. The molecule has 0 amide bonds. The second-order valence-electron chi connectivity index (χ2n) is 3.91. The molecule has 0 bridgehead atoms. The van der Waals surface area contributed by atoms with Gasteiger partial charge in [-0.1, -0.05) is 24.3 Å². The van der Waals surface area contributed by atoms with Crippen molar-refractivity contribution in [3.8, 4) is 0 Å². The van der Waals surface area contributed by atoms with Crippen molar-refractivity contribution in [3.05, 3.63) is 35.4 Å². The monoisotopic (exact) mass is 243 g/mol. The maximum absolute atomic E-state index is 11.0. The molecule has 0 aromatic heterocycles. The van der Waals surface area contributed by atoms with Crippen molar-refractivity contribution in [2.45, 2.75) is 12.5 Å². The number of aryl methyl sites for hydroxylation is 1. The quantitative estimate of drug-likeness (QED) is 0.777. The molecule has 0 spiro atoms. The van der Waals surface area contributed by atoms with Crippen molar-refractivity contribution in [1.29, 1.82) is 0 Å². The third-order valence-corrected chi connectivity index (χ3v) is 3.31. The molecule has 5 heteroatoms. The Bertz CT molecular complexity index is 425. The summed E-state index contributed by atoms with van der Waals surface area (Å²) in [5.41, 5.74) is 7.45. The van der Waals surface area contributed by atoms with Gasteiger partial charge in [0.05, 0.1) is 18.4 Å². The highest BCUT2D eigenvalue weighted by molar-refractivity contribution is 7.90. The first-order valence-corrected chi connectivity index (χ1v) is 7.11. The fourth-order valence-corrected chi connectivity index (χ4v) is 1.95. The number of aliphatic hydroxyl groups excluding tert-OH is 1. The van der Waals surface area contributed by atoms with Crippen molar-refractivity contribution < 1.29 is 13.5 Å². The average molecular weight is 243 g/mol. The van der Waals surface area contributed by atoms with Crippen molar-refractivity contribution >= 4 is 9.84 Å². The van der Waals surface area contributed by atoms with Crippen LogP contribution in [0.2, 0.25) is 0 Å². The van der Waals surface area contributed by atoms with Crippen LogP contribution in [-0.2, 0) is 16.3 Å². The van der Waals surface area contributed by atoms with Crippen molar-refractivity contribution in [2.75, 3.05) is 18.6 Å². The maximum Gasteiger partial charge on any atom is 0.147 e. The lowest BCUT2D eigenvalue weighted by atomic mass is 10.1. The molecular weight excluding hydrogens is 226 g/mol. The minimum Gasteiger partial charge on any atom is -0.394 e. The van der Waals surface area contributed by atoms with Crippen LogP contribution in [0.4, 0.5) is 0 Å². The molecule has 3 N–H and O–H groups in total. The van der Waals surface area contributed by atoms with Gasteiger partial charge in [0.1, 0.15) is 9.84 Å². The normalized spacial score (nSPS) is 13.7. The lowest BCUT2D eigenvalue weighted by Gasteiger charge is -2.09. The summed E-state index contributed by atoms with van der Waals surface area (Å²) in [7, 11) is -2.92. The van der Waals surface area contributed by atoms with E-state index in [-0.39, 0.29) is 18.4 Å². The van der Waals surface area contributed by atoms with Crippen LogP contribution in [0.5, 0.6) is 0 Å². The standard InChI is InChI=1S/C11H17NO3S/c1-16(14,15)7-6-9-2-4-10(5-3-9)11(12)8-13/h2-5,11,13H,6-8,12H2,1H3. The Kier molecular flexibility index (Phi) is 4.46. The van der Waals surface area contributed by atoms with Gasteiger partial charge in [-0.2, -0.15) is 0 Å². The molecule has 0 fully saturated rings. The number of hydrogen-bond donors (Lipinski definition) is 2. The fourth-order valence-electron chi connectivity index (χ4n) is 1.34. The van der Waals surface area contributed by atoms with Crippen molar-refractivity contribution in [3.63, 3.8) is 0 Å². The Balaban J connectivity index is 2.65. The molecule has 0 saturated carbocycles. The first-order chi connectivity index (χ1) is 7.42. The highest BCUT2D eigenvalue weighted by Crippen LogP contribution is 2.11. The van der Waals surface area contributed by atoms with Gasteiger partial charge in [0.25, 0.3) is 0 Å². The summed E-state index contributed by atoms with van der Waals surface area (Å²) < 4.78 is 21.9. The minimum absolute atomic E-state index is 0.0946. The third kappa shape index (κ3) is 4.30. The SMILES string of the molecule is CS(=O)(=O)CCc1ccc(C(N)CO)cc1. The van der Waals surface area contributed by atoms with E-state index >= 15 is 0 Å². The topological polar surface area (TPSA) is 80.4 Å². The molecule has 0 aliphatic heterocycles. The number of hydrogen-bond acceptors (Lipinski definition) is 4. The lowest BCUT2D eigenvalue weighted by Crippen LogP contribution is -2.14. The maximum atomic E-state index is 11.0. The molecule has 1 aromatic carbocycles. The van der Waals surface area contributed by atoms with Gasteiger partial charge in [0.2, 0.25) is 0 Å². The Hall–Kier alpha value is -0.910. The zero-order valence-electron chi connectivity index (χ0n) is 9.26. The summed E-state index contributed by atoms with van der Waals surface area (Å²) in [5, 5.41) is 8.86. The van der Waals surface area contributed by atoms with E-state index in [1.54, 1.807) is 0 Å². The van der Waals surface area contributed by atoms with Gasteiger partial charge in [0.15, 0.2) is 0 Å². The number of nitrogens with two attached hydrogens (primary N) is 1. The third-order valence-electron chi connectivity index (χ3n) is 2.37. The summed E-state index contributed by atoms with van der Waals surface area (Å²) in [5.74, 6) is 0.151. The summed E-state index contributed by atoms with van der Waals surface area (Å²) in [4.78, 5) is 0. The molecular formula is C11H17NO3S. The Labute approximate surface area is 96.0 Å². The zero-order valence-corrected chi connectivity index (χ0v) is 10.1. The van der Waals surface area contributed by atoms with Crippen LogP contribution >= 0.6 is 0 Å². The number of sulfone groups is 1. The molecule has 0 radical (unpaired) electrons. The number of aliphatic hydroxyl groups is 1. The van der Waals surface area contributed by atoms with E-state index in [1.165, 1.54) is 6.26 Å². The average Bonchev–Trinajstić information content (AvgIpc) is 2.25. The van der Waals surface area contributed by atoms with Gasteiger partial charge in [-0.3, -0.25) is 0 Å². The summed E-state index contributed by atoms with van der Waals surface area (Å²) in [6.07, 6.45) is 1.73. The molecule has 1 rings (SSSR count). The van der Waals surface area contributed by atoms with Crippen molar-refractivity contribution in [2.24, 2.45) is 5.73 Å².